The molecule has 4 amide bonds. The van der Waals surface area contributed by atoms with Crippen LogP contribution in [0.2, 0.25) is 0 Å². The van der Waals surface area contributed by atoms with Crippen LogP contribution < -0.4 is 0 Å². The highest BCUT2D eigenvalue weighted by Gasteiger charge is 2.45. The van der Waals surface area contributed by atoms with E-state index in [4.69, 9.17) is 4.74 Å². The van der Waals surface area contributed by atoms with Crippen LogP contribution in [0.5, 0.6) is 0 Å². The Bertz CT molecular complexity index is 1190. The largest absolute Gasteiger partial charge is 0.464 e. The zero-order valence-electron chi connectivity index (χ0n) is 19.6. The van der Waals surface area contributed by atoms with Crippen LogP contribution in [-0.2, 0) is 9.53 Å². The van der Waals surface area contributed by atoms with E-state index in [1.54, 1.807) is 6.92 Å². The molecule has 4 rings (SSSR count). The van der Waals surface area contributed by atoms with Crippen molar-refractivity contribution < 1.29 is 38.9 Å². The smallest absolute Gasteiger partial charge is 0.329 e. The van der Waals surface area contributed by atoms with E-state index in [-0.39, 0.29) is 52.0 Å². The molecule has 1 unspecified atom stereocenters. The summed E-state index contributed by atoms with van der Waals surface area (Å²) in [5.74, 6) is -3.62. The van der Waals surface area contributed by atoms with Gasteiger partial charge in [-0.3, -0.25) is 29.0 Å². The van der Waals surface area contributed by atoms with Gasteiger partial charge in [0.05, 0.1) is 25.9 Å². The first-order chi connectivity index (χ1) is 16.7. The standard InChI is InChI=1S/C25H26N2O8/c1-4-35-25(34)18(9-12(2)3)27-23(32)16-7-5-14-19-15(6-8-17(20(16)19)24(27)33)22(31)26(21(14)30)13(10-28)11-29/h5-8,12-13,18,28-29H,4,9-11H2,1-3H3. The van der Waals surface area contributed by atoms with Gasteiger partial charge in [0.25, 0.3) is 23.6 Å². The molecule has 1 atom stereocenters. The SMILES string of the molecule is CCOC(=O)C(CC(C)C)N1C(=O)c2ccc3c4c(ccc(c24)C1=O)C(=O)N(C(CO)CO)C3=O. The zero-order valence-corrected chi connectivity index (χ0v) is 19.6. The summed E-state index contributed by atoms with van der Waals surface area (Å²) in [5, 5.41) is 19.4. The van der Waals surface area contributed by atoms with Crippen molar-refractivity contribution >= 4 is 40.4 Å². The van der Waals surface area contributed by atoms with E-state index in [0.29, 0.717) is 0 Å². The van der Waals surface area contributed by atoms with E-state index in [9.17, 15) is 34.2 Å². The highest BCUT2D eigenvalue weighted by Crippen LogP contribution is 2.39. The minimum Gasteiger partial charge on any atom is -0.464 e. The summed E-state index contributed by atoms with van der Waals surface area (Å²) >= 11 is 0. The summed E-state index contributed by atoms with van der Waals surface area (Å²) in [6.07, 6.45) is 0.209. The Morgan fingerprint density at radius 1 is 0.800 bits per heavy atom. The van der Waals surface area contributed by atoms with Gasteiger partial charge in [0.15, 0.2) is 0 Å². The Hall–Kier alpha value is -3.63. The molecule has 0 saturated heterocycles. The third-order valence-corrected chi connectivity index (χ3v) is 6.31. The fraction of sp³-hybridized carbons (Fsp3) is 0.400. The molecule has 2 aromatic carbocycles. The molecule has 0 bridgehead atoms. The van der Waals surface area contributed by atoms with Crippen molar-refractivity contribution in [2.24, 2.45) is 5.92 Å². The lowest BCUT2D eigenvalue weighted by Gasteiger charge is -2.36. The molecule has 0 saturated carbocycles. The Morgan fingerprint density at radius 3 is 1.54 bits per heavy atom. The van der Waals surface area contributed by atoms with Gasteiger partial charge < -0.3 is 14.9 Å². The third-order valence-electron chi connectivity index (χ3n) is 6.31. The number of benzene rings is 2. The topological polar surface area (TPSA) is 142 Å². The van der Waals surface area contributed by atoms with Crippen LogP contribution in [0.3, 0.4) is 0 Å². The summed E-state index contributed by atoms with van der Waals surface area (Å²) < 4.78 is 5.14. The number of carbonyl (C=O) groups is 5. The fourth-order valence-electron chi connectivity index (χ4n) is 4.74. The van der Waals surface area contributed by atoms with E-state index in [1.165, 1.54) is 24.3 Å². The van der Waals surface area contributed by atoms with Crippen molar-refractivity contribution in [2.75, 3.05) is 19.8 Å². The van der Waals surface area contributed by atoms with Gasteiger partial charge in [-0.1, -0.05) is 13.8 Å². The van der Waals surface area contributed by atoms with Crippen LogP contribution in [0, 0.1) is 5.92 Å². The van der Waals surface area contributed by atoms with Gasteiger partial charge in [0.2, 0.25) is 0 Å². The maximum Gasteiger partial charge on any atom is 0.329 e. The average Bonchev–Trinajstić information content (AvgIpc) is 2.83. The molecule has 2 aliphatic heterocycles. The maximum atomic E-state index is 13.6. The van der Waals surface area contributed by atoms with Crippen LogP contribution in [0.15, 0.2) is 24.3 Å². The number of imide groups is 2. The monoisotopic (exact) mass is 482 g/mol. The number of ether oxygens (including phenoxy) is 1. The van der Waals surface area contributed by atoms with Crippen molar-refractivity contribution in [3.05, 3.63) is 46.5 Å². The molecule has 0 fully saturated rings. The lowest BCUT2D eigenvalue weighted by molar-refractivity contribution is -0.148. The second kappa shape index (κ2) is 9.20. The number of rotatable bonds is 8. The van der Waals surface area contributed by atoms with Gasteiger partial charge in [0.1, 0.15) is 6.04 Å². The first-order valence-electron chi connectivity index (χ1n) is 11.4. The third kappa shape index (κ3) is 3.69. The molecular formula is C25H26N2O8. The van der Waals surface area contributed by atoms with E-state index < -0.39 is 54.9 Å². The normalized spacial score (nSPS) is 16.1. The highest BCUT2D eigenvalue weighted by atomic mass is 16.5. The second-order valence-electron chi connectivity index (χ2n) is 8.95. The Labute approximate surface area is 201 Å². The number of carbonyl (C=O) groups excluding carboxylic acids is 5. The molecule has 10 nitrogen and oxygen atoms in total. The zero-order chi connectivity index (χ0) is 25.6. The summed E-state index contributed by atoms with van der Waals surface area (Å²) in [5.41, 5.74) is 0.330. The van der Waals surface area contributed by atoms with Crippen LogP contribution in [0.1, 0.15) is 68.6 Å². The van der Waals surface area contributed by atoms with Crippen molar-refractivity contribution in [1.82, 2.24) is 9.80 Å². The quantitative estimate of drug-likeness (QED) is 0.424. The molecule has 2 N–H and O–H groups in total. The second-order valence-corrected chi connectivity index (χ2v) is 8.95. The highest BCUT2D eigenvalue weighted by molar-refractivity contribution is 6.33. The van der Waals surface area contributed by atoms with Gasteiger partial charge in [-0.25, -0.2) is 4.79 Å². The number of hydrogen-bond acceptors (Lipinski definition) is 8. The minimum atomic E-state index is -1.13. The van der Waals surface area contributed by atoms with Gasteiger partial charge in [0, 0.05) is 33.0 Å². The molecule has 0 aliphatic carbocycles. The number of amides is 4. The Balaban J connectivity index is 1.90. The molecule has 0 spiro atoms. The fourth-order valence-corrected chi connectivity index (χ4v) is 4.74. The maximum absolute atomic E-state index is 13.6. The summed E-state index contributed by atoms with van der Waals surface area (Å²) in [6, 6.07) is 3.29. The first-order valence-corrected chi connectivity index (χ1v) is 11.4. The Kier molecular flexibility index (Phi) is 6.44. The van der Waals surface area contributed by atoms with E-state index in [0.717, 1.165) is 9.80 Å². The molecule has 0 radical (unpaired) electrons. The number of esters is 1. The van der Waals surface area contributed by atoms with Crippen molar-refractivity contribution in [3.63, 3.8) is 0 Å². The van der Waals surface area contributed by atoms with E-state index in [2.05, 4.69) is 0 Å². The van der Waals surface area contributed by atoms with E-state index in [1.807, 2.05) is 13.8 Å². The predicted molar refractivity (Wildman–Crippen MR) is 123 cm³/mol. The molecule has 2 aliphatic rings. The molecule has 0 aromatic heterocycles. The number of nitrogens with zero attached hydrogens (tertiary/aromatic N) is 2. The summed E-state index contributed by atoms with van der Waals surface area (Å²) in [7, 11) is 0. The van der Waals surface area contributed by atoms with Crippen LogP contribution in [0.4, 0.5) is 0 Å². The van der Waals surface area contributed by atoms with Gasteiger partial charge in [-0.05, 0) is 43.5 Å². The molecular weight excluding hydrogens is 456 g/mol. The van der Waals surface area contributed by atoms with Crippen LogP contribution in [-0.4, -0.2) is 81.5 Å². The predicted octanol–water partition coefficient (Wildman–Crippen LogP) is 1.36. The van der Waals surface area contributed by atoms with Crippen LogP contribution in [0.25, 0.3) is 10.8 Å². The lowest BCUT2D eigenvalue weighted by atomic mass is 9.85. The van der Waals surface area contributed by atoms with Gasteiger partial charge in [-0.15, -0.1) is 0 Å². The van der Waals surface area contributed by atoms with Crippen molar-refractivity contribution in [1.29, 1.82) is 0 Å². The molecule has 2 heterocycles. The molecule has 184 valence electrons. The van der Waals surface area contributed by atoms with E-state index >= 15 is 0 Å². The van der Waals surface area contributed by atoms with Crippen LogP contribution >= 0.6 is 0 Å². The lowest BCUT2D eigenvalue weighted by Crippen LogP contribution is -2.52. The number of hydrogen-bond donors (Lipinski definition) is 2. The van der Waals surface area contributed by atoms with Gasteiger partial charge in [-0.2, -0.15) is 0 Å². The molecule has 10 heteroatoms. The summed E-state index contributed by atoms with van der Waals surface area (Å²) in [4.78, 5) is 67.9. The minimum absolute atomic E-state index is 0.0195. The number of aliphatic hydroxyl groups is 2. The van der Waals surface area contributed by atoms with Crippen molar-refractivity contribution in [2.45, 2.75) is 39.3 Å². The molecule has 2 aromatic rings. The summed E-state index contributed by atoms with van der Waals surface area (Å²) in [6.45, 7) is 4.20. The average molecular weight is 482 g/mol. The van der Waals surface area contributed by atoms with Crippen molar-refractivity contribution in [3.8, 4) is 0 Å². The Morgan fingerprint density at radius 2 is 1.20 bits per heavy atom. The first kappa shape index (κ1) is 24.5. The number of aliphatic hydroxyl groups excluding tert-OH is 2. The van der Waals surface area contributed by atoms with Gasteiger partial charge >= 0.3 is 5.97 Å². The molecule has 35 heavy (non-hydrogen) atoms.